The summed E-state index contributed by atoms with van der Waals surface area (Å²) in [6.45, 7) is 20.5. The van der Waals surface area contributed by atoms with E-state index >= 15 is 0 Å². The van der Waals surface area contributed by atoms with Gasteiger partial charge in [-0.05, 0) is 72.3 Å². The van der Waals surface area contributed by atoms with Gasteiger partial charge in [-0.25, -0.2) is 4.79 Å². The maximum absolute atomic E-state index is 12.8. The number of hydrogen-bond acceptors (Lipinski definition) is 7. The van der Waals surface area contributed by atoms with Crippen molar-refractivity contribution < 1.29 is 23.8 Å². The number of nitrogens with zero attached hydrogens (tertiary/aromatic N) is 2. The molecule has 0 saturated heterocycles. The molecule has 0 bridgehead atoms. The highest BCUT2D eigenvalue weighted by Gasteiger charge is 2.19. The first-order chi connectivity index (χ1) is 24.8. The molecule has 0 spiro atoms. The third-order valence-electron chi connectivity index (χ3n) is 10.6. The van der Waals surface area contributed by atoms with E-state index in [1.165, 1.54) is 109 Å². The molecule has 0 aromatic heterocycles. The van der Waals surface area contributed by atoms with Crippen LogP contribution in [-0.4, -0.2) is 79.5 Å². The number of carbonyl (C=O) groups is 2. The van der Waals surface area contributed by atoms with Crippen molar-refractivity contribution in [3.05, 3.63) is 0 Å². The van der Waals surface area contributed by atoms with E-state index < -0.39 is 6.16 Å². The molecule has 0 radical (unpaired) electrons. The first kappa shape index (κ1) is 49.7. The average molecular weight is 725 g/mol. The van der Waals surface area contributed by atoms with Crippen molar-refractivity contribution in [3.8, 4) is 0 Å². The molecule has 2 unspecified atom stereocenters. The highest BCUT2D eigenvalue weighted by Crippen LogP contribution is 2.17. The van der Waals surface area contributed by atoms with E-state index in [9.17, 15) is 9.59 Å². The quantitative estimate of drug-likeness (QED) is 0.0464. The molecule has 7 heteroatoms. The predicted octanol–water partition coefficient (Wildman–Crippen LogP) is 12.7. The molecule has 0 rings (SSSR count). The van der Waals surface area contributed by atoms with Gasteiger partial charge in [-0.15, -0.1) is 0 Å². The molecule has 0 N–H and O–H groups in total. The van der Waals surface area contributed by atoms with Gasteiger partial charge in [0.2, 0.25) is 0 Å². The van der Waals surface area contributed by atoms with Gasteiger partial charge in [0.05, 0.1) is 6.61 Å². The van der Waals surface area contributed by atoms with Crippen LogP contribution in [0.4, 0.5) is 4.79 Å². The SMILES string of the molecule is CCCCCCCCCCCOC(=O)CCCCC(CCCCCC)OC(=O)OCCN(CCN(CC)C(C)CCCCCCCCC)C(C)C. The van der Waals surface area contributed by atoms with Gasteiger partial charge in [0.1, 0.15) is 12.7 Å². The van der Waals surface area contributed by atoms with Crippen LogP contribution in [0.25, 0.3) is 0 Å². The normalized spacial score (nSPS) is 12.9. The highest BCUT2D eigenvalue weighted by atomic mass is 16.7. The second-order valence-electron chi connectivity index (χ2n) is 15.5. The highest BCUT2D eigenvalue weighted by molar-refractivity contribution is 5.69. The summed E-state index contributed by atoms with van der Waals surface area (Å²) in [4.78, 5) is 30.0. The van der Waals surface area contributed by atoms with Crippen LogP contribution in [0.3, 0.4) is 0 Å². The molecule has 0 amide bonds. The molecule has 0 aromatic carbocycles. The van der Waals surface area contributed by atoms with Crippen molar-refractivity contribution in [3.63, 3.8) is 0 Å². The molecule has 51 heavy (non-hydrogen) atoms. The lowest BCUT2D eigenvalue weighted by molar-refractivity contribution is -0.143. The van der Waals surface area contributed by atoms with Crippen molar-refractivity contribution >= 4 is 12.1 Å². The van der Waals surface area contributed by atoms with Gasteiger partial charge < -0.3 is 14.2 Å². The minimum atomic E-state index is -0.557. The van der Waals surface area contributed by atoms with Crippen LogP contribution in [0.5, 0.6) is 0 Å². The third kappa shape index (κ3) is 31.9. The minimum absolute atomic E-state index is 0.103. The lowest BCUT2D eigenvalue weighted by Crippen LogP contribution is -2.43. The van der Waals surface area contributed by atoms with Crippen molar-refractivity contribution in [2.75, 3.05) is 39.4 Å². The van der Waals surface area contributed by atoms with Gasteiger partial charge >= 0.3 is 12.1 Å². The molecular weight excluding hydrogens is 636 g/mol. The fourth-order valence-corrected chi connectivity index (χ4v) is 6.94. The third-order valence-corrected chi connectivity index (χ3v) is 10.6. The van der Waals surface area contributed by atoms with Crippen molar-refractivity contribution in [2.45, 2.75) is 234 Å². The van der Waals surface area contributed by atoms with Gasteiger partial charge in [-0.3, -0.25) is 14.6 Å². The smallest absolute Gasteiger partial charge is 0.466 e. The van der Waals surface area contributed by atoms with Crippen molar-refractivity contribution in [2.24, 2.45) is 0 Å². The first-order valence-corrected chi connectivity index (χ1v) is 22.3. The van der Waals surface area contributed by atoms with Crippen LogP contribution < -0.4 is 0 Å². The molecule has 0 aliphatic rings. The number of esters is 1. The van der Waals surface area contributed by atoms with Gasteiger partial charge in [-0.1, -0.05) is 143 Å². The van der Waals surface area contributed by atoms with E-state index in [2.05, 4.69) is 58.3 Å². The van der Waals surface area contributed by atoms with Crippen LogP contribution in [0.15, 0.2) is 0 Å². The number of unbranched alkanes of at least 4 members (excludes halogenated alkanes) is 18. The Bertz CT molecular complexity index is 764. The lowest BCUT2D eigenvalue weighted by atomic mass is 10.0. The number of likely N-dealkylation sites (N-methyl/N-ethyl adjacent to an activating group) is 1. The lowest BCUT2D eigenvalue weighted by Gasteiger charge is -2.32. The van der Waals surface area contributed by atoms with Crippen molar-refractivity contribution in [1.82, 2.24) is 9.80 Å². The Morgan fingerprint density at radius 2 is 0.961 bits per heavy atom. The molecule has 304 valence electrons. The van der Waals surface area contributed by atoms with Crippen molar-refractivity contribution in [1.29, 1.82) is 0 Å². The Morgan fingerprint density at radius 3 is 1.51 bits per heavy atom. The van der Waals surface area contributed by atoms with E-state index in [4.69, 9.17) is 14.2 Å². The summed E-state index contributed by atoms with van der Waals surface area (Å²) in [5.41, 5.74) is 0. The Hall–Kier alpha value is -1.34. The molecule has 2 atom stereocenters. The van der Waals surface area contributed by atoms with E-state index in [0.717, 1.165) is 71.0 Å². The Labute approximate surface area is 318 Å². The number of hydrogen-bond donors (Lipinski definition) is 0. The molecule has 0 aromatic rings. The molecule has 0 aliphatic heterocycles. The van der Waals surface area contributed by atoms with E-state index in [1.807, 2.05) is 0 Å². The zero-order valence-corrected chi connectivity index (χ0v) is 35.3. The topological polar surface area (TPSA) is 68.3 Å². The fourth-order valence-electron chi connectivity index (χ4n) is 6.94. The predicted molar refractivity (Wildman–Crippen MR) is 218 cm³/mol. The molecular formula is C44H88N2O5. The maximum Gasteiger partial charge on any atom is 0.508 e. The largest absolute Gasteiger partial charge is 0.508 e. The van der Waals surface area contributed by atoms with E-state index in [1.54, 1.807) is 0 Å². The van der Waals surface area contributed by atoms with Crippen LogP contribution in [0.1, 0.15) is 215 Å². The Kier molecular flexibility index (Phi) is 36.0. The molecule has 0 aliphatic carbocycles. The number of rotatable bonds is 38. The summed E-state index contributed by atoms with van der Waals surface area (Å²) in [6, 6.07) is 0.972. The van der Waals surface area contributed by atoms with Crippen LogP contribution >= 0.6 is 0 Å². The van der Waals surface area contributed by atoms with E-state index in [-0.39, 0.29) is 12.1 Å². The second-order valence-corrected chi connectivity index (χ2v) is 15.5. The first-order valence-electron chi connectivity index (χ1n) is 22.3. The fraction of sp³-hybridized carbons (Fsp3) is 0.955. The summed E-state index contributed by atoms with van der Waals surface area (Å²) in [7, 11) is 0. The Morgan fingerprint density at radius 1 is 0.490 bits per heavy atom. The van der Waals surface area contributed by atoms with Gasteiger partial charge in [0, 0.05) is 38.1 Å². The summed E-state index contributed by atoms with van der Waals surface area (Å²) in [5.74, 6) is -0.103. The molecule has 0 fully saturated rings. The minimum Gasteiger partial charge on any atom is -0.466 e. The zero-order chi connectivity index (χ0) is 37.8. The second kappa shape index (κ2) is 37.0. The van der Waals surface area contributed by atoms with Crippen LogP contribution in [-0.2, 0) is 19.0 Å². The average Bonchev–Trinajstić information content (AvgIpc) is 3.11. The van der Waals surface area contributed by atoms with Gasteiger partial charge in [0.15, 0.2) is 0 Å². The maximum atomic E-state index is 12.8. The van der Waals surface area contributed by atoms with Gasteiger partial charge in [-0.2, -0.15) is 0 Å². The summed E-state index contributed by atoms with van der Waals surface area (Å²) < 4.78 is 16.9. The van der Waals surface area contributed by atoms with E-state index in [0.29, 0.717) is 38.3 Å². The summed E-state index contributed by atoms with van der Waals surface area (Å²) in [6.07, 6.45) is 29.5. The summed E-state index contributed by atoms with van der Waals surface area (Å²) >= 11 is 0. The van der Waals surface area contributed by atoms with Gasteiger partial charge in [0.25, 0.3) is 0 Å². The number of carbonyl (C=O) groups excluding carboxylic acids is 2. The van der Waals surface area contributed by atoms with Crippen LogP contribution in [0.2, 0.25) is 0 Å². The monoisotopic (exact) mass is 725 g/mol. The van der Waals surface area contributed by atoms with Crippen LogP contribution in [0, 0.1) is 0 Å². The standard InChI is InChI=1S/C44H88N2O5/c1-8-12-15-18-20-21-23-25-30-38-49-43(47)34-29-28-33-42(32-27-17-14-10-3)51-44(48)50-39-37-46(40(5)6)36-35-45(11-4)41(7)31-26-24-22-19-16-13-9-2/h40-42H,8-39H2,1-7H3. The molecule has 7 nitrogen and oxygen atoms in total. The molecule has 0 heterocycles. The zero-order valence-electron chi connectivity index (χ0n) is 35.3. The molecule has 0 saturated carbocycles. The number of ether oxygens (including phenoxy) is 3. The Balaban J connectivity index is 4.43. The summed E-state index contributed by atoms with van der Waals surface area (Å²) in [5, 5.41) is 0.